The average Bonchev–Trinajstić information content (AvgIpc) is 3.25. The number of hydrogen-bond donors (Lipinski definition) is 0. The van der Waals surface area contributed by atoms with Crippen LogP contribution in [0.4, 0.5) is 0 Å². The van der Waals surface area contributed by atoms with Crippen LogP contribution in [0.5, 0.6) is 5.75 Å². The first-order valence-corrected chi connectivity index (χ1v) is 11.8. The quantitative estimate of drug-likeness (QED) is 0.526. The van der Waals surface area contributed by atoms with E-state index in [0.29, 0.717) is 32.0 Å². The summed E-state index contributed by atoms with van der Waals surface area (Å²) in [7, 11) is 0. The number of hydrogen-bond acceptors (Lipinski definition) is 4. The van der Waals surface area contributed by atoms with Crippen LogP contribution in [-0.2, 0) is 16.0 Å². The molecule has 31 heavy (non-hydrogen) atoms. The Hall–Kier alpha value is -2.60. The van der Waals surface area contributed by atoms with Gasteiger partial charge < -0.3 is 14.5 Å². The first-order chi connectivity index (χ1) is 14.9. The molecule has 1 atom stereocenters. The van der Waals surface area contributed by atoms with E-state index < -0.39 is 0 Å². The van der Waals surface area contributed by atoms with Crippen molar-refractivity contribution in [2.45, 2.75) is 45.6 Å². The number of carbonyl (C=O) groups excluding carboxylic acids is 2. The molecule has 0 bridgehead atoms. The molecule has 3 rings (SSSR count). The van der Waals surface area contributed by atoms with Crippen molar-refractivity contribution in [2.24, 2.45) is 0 Å². The Balaban J connectivity index is 1.75. The molecule has 2 aromatic rings. The Morgan fingerprint density at radius 2 is 2.03 bits per heavy atom. The number of benzene rings is 1. The van der Waals surface area contributed by atoms with E-state index in [1.54, 1.807) is 22.3 Å². The second kappa shape index (κ2) is 10.6. The first-order valence-electron chi connectivity index (χ1n) is 10.9. The van der Waals surface area contributed by atoms with Gasteiger partial charge in [0, 0.05) is 24.4 Å². The highest BCUT2D eigenvalue weighted by atomic mass is 32.1. The summed E-state index contributed by atoms with van der Waals surface area (Å²) in [5, 5.41) is 2.08. The second-order valence-corrected chi connectivity index (χ2v) is 9.10. The molecule has 1 aliphatic rings. The van der Waals surface area contributed by atoms with Gasteiger partial charge >= 0.3 is 0 Å². The Morgan fingerprint density at radius 1 is 1.29 bits per heavy atom. The van der Waals surface area contributed by atoms with Gasteiger partial charge in [-0.1, -0.05) is 39.0 Å². The van der Waals surface area contributed by atoms with E-state index in [2.05, 4.69) is 44.0 Å². The fourth-order valence-corrected chi connectivity index (χ4v) is 4.82. The number of amides is 2. The van der Waals surface area contributed by atoms with Crippen molar-refractivity contribution >= 4 is 23.2 Å². The van der Waals surface area contributed by atoms with E-state index in [-0.39, 0.29) is 24.4 Å². The molecular weight excluding hydrogens is 408 g/mol. The largest absolute Gasteiger partial charge is 0.491 e. The molecule has 2 amide bonds. The normalized spacial score (nSPS) is 15.5. The second-order valence-electron chi connectivity index (χ2n) is 8.10. The molecule has 1 aromatic carbocycles. The highest BCUT2D eigenvalue weighted by Crippen LogP contribution is 2.34. The summed E-state index contributed by atoms with van der Waals surface area (Å²) in [6.45, 7) is 11.3. The average molecular weight is 441 g/mol. The van der Waals surface area contributed by atoms with Crippen LogP contribution in [0.25, 0.3) is 0 Å². The smallest absolute Gasteiger partial charge is 0.242 e. The van der Waals surface area contributed by atoms with Gasteiger partial charge in [-0.25, -0.2) is 0 Å². The molecule has 0 saturated heterocycles. The van der Waals surface area contributed by atoms with Gasteiger partial charge in [0.2, 0.25) is 11.8 Å². The third-order valence-electron chi connectivity index (χ3n) is 5.70. The summed E-state index contributed by atoms with van der Waals surface area (Å²) in [6, 6.07) is 10.1. The van der Waals surface area contributed by atoms with Gasteiger partial charge in [0.15, 0.2) is 0 Å². The summed E-state index contributed by atoms with van der Waals surface area (Å²) < 4.78 is 6.12. The summed E-state index contributed by atoms with van der Waals surface area (Å²) in [6.07, 6.45) is 2.87. The van der Waals surface area contributed by atoms with Crippen LogP contribution in [0, 0.1) is 0 Å². The van der Waals surface area contributed by atoms with Crippen molar-refractivity contribution in [1.82, 2.24) is 9.80 Å². The highest BCUT2D eigenvalue weighted by Gasteiger charge is 2.33. The number of thiophene rings is 1. The van der Waals surface area contributed by atoms with Gasteiger partial charge in [-0.05, 0) is 47.0 Å². The van der Waals surface area contributed by atoms with Crippen molar-refractivity contribution in [3.8, 4) is 5.75 Å². The summed E-state index contributed by atoms with van der Waals surface area (Å²) >= 11 is 1.73. The molecule has 0 saturated carbocycles. The maximum Gasteiger partial charge on any atom is 0.242 e. The van der Waals surface area contributed by atoms with Crippen molar-refractivity contribution in [3.63, 3.8) is 0 Å². The van der Waals surface area contributed by atoms with Crippen LogP contribution in [0.1, 0.15) is 55.2 Å². The lowest BCUT2D eigenvalue weighted by Gasteiger charge is -2.37. The lowest BCUT2D eigenvalue weighted by molar-refractivity contribution is -0.142. The Kier molecular flexibility index (Phi) is 7.91. The van der Waals surface area contributed by atoms with E-state index in [4.69, 9.17) is 4.74 Å². The first kappa shape index (κ1) is 23.1. The van der Waals surface area contributed by atoms with Crippen molar-refractivity contribution in [2.75, 3.05) is 26.2 Å². The molecule has 2 heterocycles. The third kappa shape index (κ3) is 5.56. The highest BCUT2D eigenvalue weighted by molar-refractivity contribution is 7.10. The zero-order chi connectivity index (χ0) is 22.4. The molecule has 0 aliphatic carbocycles. The maximum absolute atomic E-state index is 13.2. The minimum atomic E-state index is -0.158. The van der Waals surface area contributed by atoms with Gasteiger partial charge in [0.05, 0.1) is 6.04 Å². The minimum Gasteiger partial charge on any atom is -0.491 e. The predicted molar refractivity (Wildman–Crippen MR) is 126 cm³/mol. The predicted octanol–water partition coefficient (Wildman–Crippen LogP) is 4.80. The molecule has 1 aromatic heterocycles. The molecule has 1 unspecified atom stereocenters. The Morgan fingerprint density at radius 3 is 2.68 bits per heavy atom. The van der Waals surface area contributed by atoms with E-state index >= 15 is 0 Å². The SMILES string of the molecule is C=CCN(CC(=O)N1CCc2sccc2C1COc1ccc(C(C)C)cc1)C(=O)CC. The fraction of sp³-hybridized carbons (Fsp3) is 0.440. The van der Waals surface area contributed by atoms with Gasteiger partial charge in [0.1, 0.15) is 18.9 Å². The summed E-state index contributed by atoms with van der Waals surface area (Å²) in [5.74, 6) is 1.18. The van der Waals surface area contributed by atoms with E-state index in [1.165, 1.54) is 10.4 Å². The number of nitrogens with zero attached hydrogens (tertiary/aromatic N) is 2. The van der Waals surface area contributed by atoms with E-state index in [0.717, 1.165) is 17.7 Å². The molecule has 6 heteroatoms. The number of rotatable bonds is 9. The van der Waals surface area contributed by atoms with E-state index in [9.17, 15) is 9.59 Å². The number of carbonyl (C=O) groups is 2. The molecule has 1 aliphatic heterocycles. The number of ether oxygens (including phenoxy) is 1. The zero-order valence-corrected chi connectivity index (χ0v) is 19.5. The van der Waals surface area contributed by atoms with Gasteiger partial charge in [0.25, 0.3) is 0 Å². The van der Waals surface area contributed by atoms with Crippen LogP contribution >= 0.6 is 11.3 Å². The lowest BCUT2D eigenvalue weighted by Crippen LogP contribution is -2.47. The molecule has 0 N–H and O–H groups in total. The minimum absolute atomic E-state index is 0.0421. The van der Waals surface area contributed by atoms with E-state index in [1.807, 2.05) is 24.0 Å². The molecule has 0 fully saturated rings. The molecule has 166 valence electrons. The summed E-state index contributed by atoms with van der Waals surface area (Å²) in [4.78, 5) is 30.2. The fourth-order valence-electron chi connectivity index (χ4n) is 3.89. The van der Waals surface area contributed by atoms with Crippen LogP contribution < -0.4 is 4.74 Å². The van der Waals surface area contributed by atoms with Gasteiger partial charge in [-0.15, -0.1) is 17.9 Å². The molecular formula is C25H32N2O3S. The van der Waals surface area contributed by atoms with Crippen molar-refractivity contribution < 1.29 is 14.3 Å². The lowest BCUT2D eigenvalue weighted by atomic mass is 10.00. The number of fused-ring (bicyclic) bond motifs is 1. The standard InChI is InChI=1S/C25H32N2O3S/c1-5-13-26(24(28)6-2)16-25(29)27-14-11-23-21(12-15-31-23)22(27)17-30-20-9-7-19(8-10-20)18(3)4/h5,7-10,12,15,18,22H,1,6,11,13-14,16-17H2,2-4H3. The third-order valence-corrected chi connectivity index (χ3v) is 6.70. The monoisotopic (exact) mass is 440 g/mol. The topological polar surface area (TPSA) is 49.9 Å². The zero-order valence-electron chi connectivity index (χ0n) is 18.7. The molecule has 0 radical (unpaired) electrons. The van der Waals surface area contributed by atoms with Crippen molar-refractivity contribution in [1.29, 1.82) is 0 Å². The molecule has 5 nitrogen and oxygen atoms in total. The van der Waals surface area contributed by atoms with Crippen LogP contribution in [0.2, 0.25) is 0 Å². The van der Waals surface area contributed by atoms with Crippen LogP contribution in [-0.4, -0.2) is 47.9 Å². The molecule has 0 spiro atoms. The Labute approximate surface area is 189 Å². The van der Waals surface area contributed by atoms with Gasteiger partial charge in [-0.2, -0.15) is 0 Å². The summed E-state index contributed by atoms with van der Waals surface area (Å²) in [5.41, 5.74) is 2.42. The van der Waals surface area contributed by atoms with Crippen molar-refractivity contribution in [3.05, 3.63) is 64.4 Å². The van der Waals surface area contributed by atoms with Crippen LogP contribution in [0.3, 0.4) is 0 Å². The maximum atomic E-state index is 13.2. The Bertz CT molecular complexity index is 904. The van der Waals surface area contributed by atoms with Gasteiger partial charge in [-0.3, -0.25) is 9.59 Å². The van der Waals surface area contributed by atoms with Crippen LogP contribution in [0.15, 0.2) is 48.4 Å².